The van der Waals surface area contributed by atoms with Gasteiger partial charge in [0.25, 0.3) is 0 Å². The standard InChI is InChI=1S/C26H29ClFN5O3/c1-3-33(4-2)10-5-6-25(34)32-23-13-19-22(14-24(23)36-18-9-11-35-15-18)29-16-30-26(19)31-17-7-8-21(28)20(27)12-17/h5-8,12-14,16,18H,3-4,9-11,15H2,1-2H3,(H,32,34)(H,29,30,31)/b6-5+/t18-/m0/s1. The maximum absolute atomic E-state index is 13.6. The minimum absolute atomic E-state index is 0.00252. The SMILES string of the molecule is CCN(CC)C/C=C/C(=O)Nc1cc2c(Nc3ccc(F)c(Cl)c3)ncnc2cc1O[C@H]1CCOC1. The first-order valence-electron chi connectivity index (χ1n) is 11.9. The molecule has 1 aliphatic heterocycles. The molecule has 10 heteroatoms. The van der Waals surface area contributed by atoms with Gasteiger partial charge >= 0.3 is 0 Å². The average Bonchev–Trinajstić information content (AvgIpc) is 3.38. The third-order valence-corrected chi connectivity index (χ3v) is 6.18. The van der Waals surface area contributed by atoms with E-state index in [9.17, 15) is 9.18 Å². The number of ether oxygens (including phenoxy) is 2. The first-order chi connectivity index (χ1) is 17.5. The number of halogens is 2. The predicted octanol–water partition coefficient (Wildman–Crippen LogP) is 5.17. The van der Waals surface area contributed by atoms with E-state index in [2.05, 4.69) is 39.3 Å². The molecular weight excluding hydrogens is 485 g/mol. The summed E-state index contributed by atoms with van der Waals surface area (Å²) in [6.45, 7) is 7.77. The summed E-state index contributed by atoms with van der Waals surface area (Å²) in [7, 11) is 0. The number of nitrogens with zero attached hydrogens (tertiary/aromatic N) is 3. The minimum Gasteiger partial charge on any atom is -0.486 e. The fourth-order valence-corrected chi connectivity index (χ4v) is 4.02. The summed E-state index contributed by atoms with van der Waals surface area (Å²) in [6.07, 6.45) is 5.43. The fourth-order valence-electron chi connectivity index (χ4n) is 3.84. The van der Waals surface area contributed by atoms with Crippen LogP contribution < -0.4 is 15.4 Å². The van der Waals surface area contributed by atoms with Crippen molar-refractivity contribution in [2.75, 3.05) is 43.5 Å². The van der Waals surface area contributed by atoms with Crippen molar-refractivity contribution in [1.29, 1.82) is 0 Å². The zero-order chi connectivity index (χ0) is 25.5. The number of hydrogen-bond donors (Lipinski definition) is 2. The van der Waals surface area contributed by atoms with Crippen LogP contribution in [0.15, 0.2) is 48.8 Å². The second kappa shape index (κ2) is 12.1. The molecule has 0 saturated carbocycles. The van der Waals surface area contributed by atoms with Crippen LogP contribution in [0.1, 0.15) is 20.3 Å². The Bertz CT molecular complexity index is 1250. The quantitative estimate of drug-likeness (QED) is 0.361. The Morgan fingerprint density at radius 2 is 2.11 bits per heavy atom. The number of hydrogen-bond acceptors (Lipinski definition) is 7. The lowest BCUT2D eigenvalue weighted by molar-refractivity contribution is -0.111. The third kappa shape index (κ3) is 6.48. The highest BCUT2D eigenvalue weighted by Gasteiger charge is 2.21. The first-order valence-corrected chi connectivity index (χ1v) is 12.3. The number of rotatable bonds is 10. The topological polar surface area (TPSA) is 88.6 Å². The van der Waals surface area contributed by atoms with Crippen molar-refractivity contribution in [1.82, 2.24) is 14.9 Å². The molecule has 36 heavy (non-hydrogen) atoms. The van der Waals surface area contributed by atoms with Crippen LogP contribution in [-0.2, 0) is 9.53 Å². The number of nitrogens with one attached hydrogen (secondary N) is 2. The number of carbonyl (C=O) groups excluding carboxylic acids is 1. The van der Waals surface area contributed by atoms with E-state index in [4.69, 9.17) is 21.1 Å². The number of benzene rings is 2. The summed E-state index contributed by atoms with van der Waals surface area (Å²) < 4.78 is 25.2. The molecule has 0 radical (unpaired) electrons. The number of fused-ring (bicyclic) bond motifs is 1. The largest absolute Gasteiger partial charge is 0.486 e. The number of amides is 1. The van der Waals surface area contributed by atoms with E-state index in [1.807, 2.05) is 6.08 Å². The van der Waals surface area contributed by atoms with E-state index in [-0.39, 0.29) is 17.0 Å². The van der Waals surface area contributed by atoms with Gasteiger partial charge in [0, 0.05) is 36.2 Å². The number of likely N-dealkylation sites (N-methyl/N-ethyl adjacent to an activating group) is 1. The van der Waals surface area contributed by atoms with E-state index < -0.39 is 5.82 Å². The van der Waals surface area contributed by atoms with Gasteiger partial charge < -0.3 is 25.0 Å². The van der Waals surface area contributed by atoms with E-state index >= 15 is 0 Å². The van der Waals surface area contributed by atoms with Crippen LogP contribution in [-0.4, -0.2) is 59.7 Å². The lowest BCUT2D eigenvalue weighted by Crippen LogP contribution is -2.23. The molecule has 0 spiro atoms. The van der Waals surface area contributed by atoms with Gasteiger partial charge in [-0.15, -0.1) is 0 Å². The molecule has 1 aliphatic rings. The highest BCUT2D eigenvalue weighted by Crippen LogP contribution is 2.35. The molecule has 0 bridgehead atoms. The van der Waals surface area contributed by atoms with Crippen LogP contribution in [0.5, 0.6) is 5.75 Å². The summed E-state index contributed by atoms with van der Waals surface area (Å²) >= 11 is 5.93. The highest BCUT2D eigenvalue weighted by atomic mass is 35.5. The zero-order valence-electron chi connectivity index (χ0n) is 20.3. The molecule has 0 aliphatic carbocycles. The lowest BCUT2D eigenvalue weighted by atomic mass is 10.1. The Hall–Kier alpha value is -3.27. The number of anilines is 3. The van der Waals surface area contributed by atoms with Crippen molar-refractivity contribution < 1.29 is 18.7 Å². The van der Waals surface area contributed by atoms with Crippen LogP contribution in [0, 0.1) is 5.82 Å². The summed E-state index contributed by atoms with van der Waals surface area (Å²) in [4.78, 5) is 23.7. The van der Waals surface area contributed by atoms with Gasteiger partial charge in [-0.25, -0.2) is 14.4 Å². The van der Waals surface area contributed by atoms with Crippen molar-refractivity contribution in [2.45, 2.75) is 26.4 Å². The molecule has 1 saturated heterocycles. The predicted molar refractivity (Wildman–Crippen MR) is 140 cm³/mol. The normalized spacial score (nSPS) is 15.6. The fraction of sp³-hybridized carbons (Fsp3) is 0.346. The molecule has 4 rings (SSSR count). The van der Waals surface area contributed by atoms with Crippen molar-refractivity contribution in [3.8, 4) is 5.75 Å². The maximum Gasteiger partial charge on any atom is 0.248 e. The van der Waals surface area contributed by atoms with Gasteiger partial charge in [0.15, 0.2) is 0 Å². The van der Waals surface area contributed by atoms with Gasteiger partial charge in [-0.05, 0) is 37.4 Å². The molecule has 2 heterocycles. The van der Waals surface area contributed by atoms with E-state index in [0.717, 1.165) is 19.5 Å². The molecule has 0 unspecified atom stereocenters. The smallest absolute Gasteiger partial charge is 0.248 e. The van der Waals surface area contributed by atoms with Gasteiger partial charge in [-0.3, -0.25) is 4.79 Å². The van der Waals surface area contributed by atoms with Crippen molar-refractivity contribution in [3.05, 3.63) is 59.7 Å². The molecule has 190 valence electrons. The van der Waals surface area contributed by atoms with Gasteiger partial charge in [-0.1, -0.05) is 31.5 Å². The Kier molecular flexibility index (Phi) is 8.69. The molecule has 3 aromatic rings. The Morgan fingerprint density at radius 1 is 1.28 bits per heavy atom. The Balaban J connectivity index is 1.64. The average molecular weight is 514 g/mol. The van der Waals surface area contributed by atoms with E-state index in [0.29, 0.717) is 53.6 Å². The molecule has 1 amide bonds. The second-order valence-electron chi connectivity index (χ2n) is 8.32. The summed E-state index contributed by atoms with van der Waals surface area (Å²) in [6, 6.07) is 7.86. The van der Waals surface area contributed by atoms with Crippen LogP contribution in [0.4, 0.5) is 21.6 Å². The third-order valence-electron chi connectivity index (χ3n) is 5.89. The van der Waals surface area contributed by atoms with Gasteiger partial charge in [0.2, 0.25) is 5.91 Å². The summed E-state index contributed by atoms with van der Waals surface area (Å²) in [5.41, 5.74) is 1.67. The first kappa shape index (κ1) is 25.8. The molecular formula is C26H29ClFN5O3. The van der Waals surface area contributed by atoms with Crippen molar-refractivity contribution >= 4 is 45.6 Å². The van der Waals surface area contributed by atoms with Crippen molar-refractivity contribution in [2.24, 2.45) is 0 Å². The lowest BCUT2D eigenvalue weighted by Gasteiger charge is -2.18. The Morgan fingerprint density at radius 3 is 2.83 bits per heavy atom. The van der Waals surface area contributed by atoms with Gasteiger partial charge in [0.05, 0.1) is 29.4 Å². The van der Waals surface area contributed by atoms with Crippen molar-refractivity contribution in [3.63, 3.8) is 0 Å². The van der Waals surface area contributed by atoms with Crippen LogP contribution in [0.25, 0.3) is 10.9 Å². The molecule has 2 aromatic carbocycles. The summed E-state index contributed by atoms with van der Waals surface area (Å²) in [5, 5.41) is 6.73. The van der Waals surface area contributed by atoms with Crippen LogP contribution in [0.3, 0.4) is 0 Å². The molecule has 2 N–H and O–H groups in total. The highest BCUT2D eigenvalue weighted by molar-refractivity contribution is 6.31. The molecule has 8 nitrogen and oxygen atoms in total. The van der Waals surface area contributed by atoms with Crippen LogP contribution in [0.2, 0.25) is 5.02 Å². The van der Waals surface area contributed by atoms with E-state index in [1.54, 1.807) is 18.2 Å². The van der Waals surface area contributed by atoms with Gasteiger partial charge in [0.1, 0.15) is 29.8 Å². The summed E-state index contributed by atoms with van der Waals surface area (Å²) in [5.74, 6) is 0.196. The number of aromatic nitrogens is 2. The number of carbonyl (C=O) groups is 1. The second-order valence-corrected chi connectivity index (χ2v) is 8.73. The zero-order valence-corrected chi connectivity index (χ0v) is 21.0. The molecule has 1 aromatic heterocycles. The minimum atomic E-state index is -0.508. The van der Waals surface area contributed by atoms with Gasteiger partial charge in [-0.2, -0.15) is 0 Å². The Labute approximate surface area is 214 Å². The maximum atomic E-state index is 13.6. The monoisotopic (exact) mass is 513 g/mol. The molecule has 1 fully saturated rings. The van der Waals surface area contributed by atoms with E-state index in [1.165, 1.54) is 24.5 Å². The molecule has 1 atom stereocenters. The van der Waals surface area contributed by atoms with Crippen LogP contribution >= 0.6 is 11.6 Å².